The van der Waals surface area contributed by atoms with Crippen LogP contribution in [0.3, 0.4) is 0 Å². The van der Waals surface area contributed by atoms with Gasteiger partial charge in [-0.3, -0.25) is 4.79 Å². The van der Waals surface area contributed by atoms with E-state index in [1.807, 2.05) is 24.3 Å². The quantitative estimate of drug-likeness (QED) is 0.858. The van der Waals surface area contributed by atoms with E-state index in [-0.39, 0.29) is 5.91 Å². The summed E-state index contributed by atoms with van der Waals surface area (Å²) in [6.45, 7) is 7.33. The molecule has 5 heteroatoms. The van der Waals surface area contributed by atoms with Crippen LogP contribution in [0.5, 0.6) is 0 Å². The average molecular weight is 325 g/mol. The summed E-state index contributed by atoms with van der Waals surface area (Å²) in [6.07, 6.45) is 4.74. The Morgan fingerprint density at radius 2 is 1.96 bits per heavy atom. The number of hydrogen-bond donors (Lipinski definition) is 1. The van der Waals surface area contributed by atoms with Crippen LogP contribution >= 0.6 is 0 Å². The number of carbonyl (C=O) groups is 1. The first kappa shape index (κ1) is 16.3. The molecule has 0 spiro atoms. The van der Waals surface area contributed by atoms with Crippen LogP contribution in [-0.4, -0.2) is 43.5 Å². The number of furan rings is 1. The third-order valence-corrected chi connectivity index (χ3v) is 4.26. The first-order valence-electron chi connectivity index (χ1n) is 8.35. The van der Waals surface area contributed by atoms with Gasteiger partial charge in [-0.25, -0.2) is 0 Å². The summed E-state index contributed by atoms with van der Waals surface area (Å²) in [4.78, 5) is 16.9. The van der Waals surface area contributed by atoms with Gasteiger partial charge in [-0.1, -0.05) is 19.1 Å². The smallest absolute Gasteiger partial charge is 0.248 e. The summed E-state index contributed by atoms with van der Waals surface area (Å²) in [5.41, 5.74) is 1.92. The molecule has 0 radical (unpaired) electrons. The molecule has 1 aromatic carbocycles. The molecule has 0 aliphatic carbocycles. The molecule has 1 N–H and O–H groups in total. The Kier molecular flexibility index (Phi) is 5.33. The van der Waals surface area contributed by atoms with E-state index in [9.17, 15) is 4.79 Å². The summed E-state index contributed by atoms with van der Waals surface area (Å²) in [6, 6.07) is 11.6. The van der Waals surface area contributed by atoms with Gasteiger partial charge in [0.2, 0.25) is 5.91 Å². The normalized spacial score (nSPS) is 15.8. The van der Waals surface area contributed by atoms with E-state index < -0.39 is 0 Å². The number of amides is 1. The van der Waals surface area contributed by atoms with Crippen LogP contribution in [0.25, 0.3) is 6.08 Å². The molecule has 1 fully saturated rings. The molecule has 0 saturated carbocycles. The number of rotatable bonds is 5. The lowest BCUT2D eigenvalue weighted by molar-refractivity contribution is -0.111. The van der Waals surface area contributed by atoms with Crippen LogP contribution in [0.1, 0.15) is 12.7 Å². The van der Waals surface area contributed by atoms with Gasteiger partial charge in [-0.15, -0.1) is 0 Å². The molecule has 1 aliphatic rings. The third-order valence-electron chi connectivity index (χ3n) is 4.26. The van der Waals surface area contributed by atoms with Gasteiger partial charge in [0.1, 0.15) is 5.76 Å². The third kappa shape index (κ3) is 4.06. The van der Waals surface area contributed by atoms with E-state index in [0.717, 1.165) is 44.1 Å². The fourth-order valence-corrected chi connectivity index (χ4v) is 2.88. The van der Waals surface area contributed by atoms with Crippen LogP contribution in [0.2, 0.25) is 0 Å². The van der Waals surface area contributed by atoms with Gasteiger partial charge in [0.05, 0.1) is 17.6 Å². The molecule has 0 bridgehead atoms. The van der Waals surface area contributed by atoms with Crippen molar-refractivity contribution < 1.29 is 9.21 Å². The SMILES string of the molecule is CCN1CCN(c2ccccc2NC(=O)/C=C/c2ccco2)CC1. The molecular formula is C19H23N3O2. The number of piperazine rings is 1. The molecule has 24 heavy (non-hydrogen) atoms. The fourth-order valence-electron chi connectivity index (χ4n) is 2.88. The summed E-state index contributed by atoms with van der Waals surface area (Å²) in [7, 11) is 0. The number of likely N-dealkylation sites (N-methyl/N-ethyl adjacent to an activating group) is 1. The minimum Gasteiger partial charge on any atom is -0.465 e. The topological polar surface area (TPSA) is 48.7 Å². The Bertz CT molecular complexity index is 686. The predicted molar refractivity (Wildman–Crippen MR) is 97.1 cm³/mol. The Morgan fingerprint density at radius 1 is 1.17 bits per heavy atom. The second-order valence-electron chi connectivity index (χ2n) is 5.78. The van der Waals surface area contributed by atoms with Gasteiger partial charge in [0.15, 0.2) is 0 Å². The average Bonchev–Trinajstić information content (AvgIpc) is 3.14. The number of hydrogen-bond acceptors (Lipinski definition) is 4. The molecule has 1 amide bonds. The monoisotopic (exact) mass is 325 g/mol. The maximum Gasteiger partial charge on any atom is 0.248 e. The lowest BCUT2D eigenvalue weighted by atomic mass is 10.2. The van der Waals surface area contributed by atoms with Crippen molar-refractivity contribution in [3.05, 3.63) is 54.5 Å². The van der Waals surface area contributed by atoms with Crippen LogP contribution in [0.15, 0.2) is 53.2 Å². The molecule has 1 aromatic heterocycles. The molecule has 2 heterocycles. The predicted octanol–water partition coefficient (Wildman–Crippen LogP) is 3.07. The van der Waals surface area contributed by atoms with Crippen molar-refractivity contribution in [2.24, 2.45) is 0 Å². The van der Waals surface area contributed by atoms with Crippen LogP contribution < -0.4 is 10.2 Å². The molecule has 5 nitrogen and oxygen atoms in total. The highest BCUT2D eigenvalue weighted by Gasteiger charge is 2.18. The van der Waals surface area contributed by atoms with Crippen molar-refractivity contribution in [1.29, 1.82) is 0 Å². The fraction of sp³-hybridized carbons (Fsp3) is 0.316. The molecule has 126 valence electrons. The van der Waals surface area contributed by atoms with Crippen molar-refractivity contribution in [3.8, 4) is 0 Å². The van der Waals surface area contributed by atoms with Gasteiger partial charge in [0, 0.05) is 32.3 Å². The standard InChI is InChI=1S/C19H23N3O2/c1-2-21-11-13-22(14-12-21)18-8-4-3-7-17(18)20-19(23)10-9-16-6-5-15-24-16/h3-10,15H,2,11-14H2,1H3,(H,20,23)/b10-9+. The Morgan fingerprint density at radius 3 is 2.67 bits per heavy atom. The van der Waals surface area contributed by atoms with E-state index in [0.29, 0.717) is 5.76 Å². The number of anilines is 2. The second kappa shape index (κ2) is 7.84. The zero-order valence-electron chi connectivity index (χ0n) is 13.9. The molecule has 0 atom stereocenters. The zero-order valence-corrected chi connectivity index (χ0v) is 13.9. The van der Waals surface area contributed by atoms with Gasteiger partial charge < -0.3 is 19.5 Å². The Balaban J connectivity index is 1.67. The number of nitrogens with zero attached hydrogens (tertiary/aromatic N) is 2. The first-order chi connectivity index (χ1) is 11.8. The van der Waals surface area contributed by atoms with Gasteiger partial charge in [-0.2, -0.15) is 0 Å². The highest BCUT2D eigenvalue weighted by Crippen LogP contribution is 2.26. The van der Waals surface area contributed by atoms with Crippen LogP contribution in [0, 0.1) is 0 Å². The van der Waals surface area contributed by atoms with Crippen molar-refractivity contribution in [2.45, 2.75) is 6.92 Å². The highest BCUT2D eigenvalue weighted by molar-refractivity contribution is 6.03. The number of nitrogens with one attached hydrogen (secondary N) is 1. The molecule has 3 rings (SSSR count). The zero-order chi connectivity index (χ0) is 16.8. The Labute approximate surface area is 142 Å². The number of carbonyl (C=O) groups excluding carboxylic acids is 1. The van der Waals surface area contributed by atoms with Crippen LogP contribution in [0.4, 0.5) is 11.4 Å². The summed E-state index contributed by atoms with van der Waals surface area (Å²) in [5.74, 6) is 0.500. The van der Waals surface area contributed by atoms with E-state index in [1.54, 1.807) is 18.4 Å². The second-order valence-corrected chi connectivity index (χ2v) is 5.78. The maximum absolute atomic E-state index is 12.2. The largest absolute Gasteiger partial charge is 0.465 e. The Hall–Kier alpha value is -2.53. The lowest BCUT2D eigenvalue weighted by Crippen LogP contribution is -2.46. The number of benzene rings is 1. The van der Waals surface area contributed by atoms with E-state index in [1.165, 1.54) is 6.08 Å². The molecule has 0 unspecified atom stereocenters. The molecular weight excluding hydrogens is 302 g/mol. The van der Waals surface area contributed by atoms with Crippen LogP contribution in [-0.2, 0) is 4.79 Å². The number of para-hydroxylation sites is 2. The van der Waals surface area contributed by atoms with E-state index >= 15 is 0 Å². The van der Waals surface area contributed by atoms with Gasteiger partial charge in [-0.05, 0) is 36.9 Å². The highest BCUT2D eigenvalue weighted by atomic mass is 16.3. The summed E-state index contributed by atoms with van der Waals surface area (Å²) in [5, 5.41) is 2.97. The minimum atomic E-state index is -0.161. The van der Waals surface area contributed by atoms with Gasteiger partial charge >= 0.3 is 0 Å². The van der Waals surface area contributed by atoms with Crippen molar-refractivity contribution in [3.63, 3.8) is 0 Å². The van der Waals surface area contributed by atoms with Crippen molar-refractivity contribution in [1.82, 2.24) is 4.90 Å². The maximum atomic E-state index is 12.2. The summed E-state index contributed by atoms with van der Waals surface area (Å²) < 4.78 is 5.19. The van der Waals surface area contributed by atoms with E-state index in [4.69, 9.17) is 4.42 Å². The van der Waals surface area contributed by atoms with Gasteiger partial charge in [0.25, 0.3) is 0 Å². The molecule has 2 aromatic rings. The first-order valence-corrected chi connectivity index (χ1v) is 8.35. The lowest BCUT2D eigenvalue weighted by Gasteiger charge is -2.36. The van der Waals surface area contributed by atoms with Crippen molar-refractivity contribution >= 4 is 23.4 Å². The molecule has 1 aliphatic heterocycles. The summed E-state index contributed by atoms with van der Waals surface area (Å²) >= 11 is 0. The van der Waals surface area contributed by atoms with E-state index in [2.05, 4.69) is 28.1 Å². The minimum absolute atomic E-state index is 0.161. The molecule has 1 saturated heterocycles. The van der Waals surface area contributed by atoms with Crippen molar-refractivity contribution in [2.75, 3.05) is 42.9 Å².